The molecule has 0 bridgehead atoms. The third-order valence-corrected chi connectivity index (χ3v) is 4.35. The fraction of sp³-hybridized carbons (Fsp3) is 0.300. The van der Waals surface area contributed by atoms with Crippen LogP contribution in [0.5, 0.6) is 11.5 Å². The molecule has 3 rings (SSSR count). The molecule has 25 heavy (non-hydrogen) atoms. The Hall–Kier alpha value is -2.82. The van der Waals surface area contributed by atoms with Crippen LogP contribution in [-0.4, -0.2) is 23.1 Å². The van der Waals surface area contributed by atoms with Crippen molar-refractivity contribution >= 4 is 11.9 Å². The van der Waals surface area contributed by atoms with Gasteiger partial charge in [-0.2, -0.15) is 0 Å². The molecule has 0 spiro atoms. The van der Waals surface area contributed by atoms with Gasteiger partial charge in [0.05, 0.1) is 11.5 Å². The van der Waals surface area contributed by atoms with Gasteiger partial charge in [-0.05, 0) is 62.1 Å². The zero-order chi connectivity index (χ0) is 17.6. The number of phenols is 1. The van der Waals surface area contributed by atoms with Crippen molar-refractivity contribution in [2.24, 2.45) is 5.92 Å². The monoisotopic (exact) mass is 340 g/mol. The molecule has 1 saturated carbocycles. The minimum atomic E-state index is -0.407. The Kier molecular flexibility index (Phi) is 5.33. The van der Waals surface area contributed by atoms with E-state index >= 15 is 0 Å². The number of hydrogen-bond donors (Lipinski definition) is 1. The molecule has 0 saturated heterocycles. The first kappa shape index (κ1) is 17.0. The molecule has 1 fully saturated rings. The zero-order valence-electron chi connectivity index (χ0n) is 13.8. The zero-order valence-corrected chi connectivity index (χ0v) is 13.8. The van der Waals surface area contributed by atoms with Gasteiger partial charge in [0.2, 0.25) is 0 Å². The molecule has 0 radical (unpaired) electrons. The van der Waals surface area contributed by atoms with Gasteiger partial charge in [-0.3, -0.25) is 4.79 Å². The minimum absolute atomic E-state index is 0.106. The van der Waals surface area contributed by atoms with E-state index in [0.29, 0.717) is 37.0 Å². The topological polar surface area (TPSA) is 72.8 Å². The van der Waals surface area contributed by atoms with Crippen molar-refractivity contribution in [2.75, 3.05) is 0 Å². The number of phenolic OH excluding ortho intramolecular Hbond substituents is 1. The number of hydrogen-bond acceptors (Lipinski definition) is 5. The number of ether oxygens (including phenoxy) is 2. The van der Waals surface area contributed by atoms with E-state index in [1.807, 2.05) is 18.2 Å². The van der Waals surface area contributed by atoms with E-state index < -0.39 is 5.97 Å². The Morgan fingerprint density at radius 2 is 1.52 bits per heavy atom. The summed E-state index contributed by atoms with van der Waals surface area (Å²) in [6.07, 6.45) is 2.36. The summed E-state index contributed by atoms with van der Waals surface area (Å²) < 4.78 is 10.9. The third-order valence-electron chi connectivity index (χ3n) is 4.35. The van der Waals surface area contributed by atoms with Gasteiger partial charge in [-0.1, -0.05) is 18.2 Å². The number of rotatable bonds is 4. The molecule has 0 aromatic heterocycles. The fourth-order valence-corrected chi connectivity index (χ4v) is 2.92. The van der Waals surface area contributed by atoms with E-state index in [4.69, 9.17) is 9.47 Å². The highest BCUT2D eigenvalue weighted by Crippen LogP contribution is 2.28. The predicted molar refractivity (Wildman–Crippen MR) is 91.3 cm³/mol. The van der Waals surface area contributed by atoms with Crippen LogP contribution in [-0.2, 0) is 9.53 Å². The fourth-order valence-electron chi connectivity index (χ4n) is 2.92. The normalized spacial score (nSPS) is 19.8. The van der Waals surface area contributed by atoms with Gasteiger partial charge in [0.15, 0.2) is 0 Å². The highest BCUT2D eigenvalue weighted by Gasteiger charge is 2.29. The Labute approximate surface area is 146 Å². The van der Waals surface area contributed by atoms with Crippen LogP contribution < -0.4 is 4.74 Å². The van der Waals surface area contributed by atoms with Crippen LogP contribution in [0.25, 0.3) is 0 Å². The lowest BCUT2D eigenvalue weighted by Crippen LogP contribution is -2.30. The lowest BCUT2D eigenvalue weighted by atomic mass is 9.87. The van der Waals surface area contributed by atoms with Gasteiger partial charge in [0, 0.05) is 0 Å². The lowest BCUT2D eigenvalue weighted by molar-refractivity contribution is -0.140. The van der Waals surface area contributed by atoms with Crippen LogP contribution >= 0.6 is 0 Å². The van der Waals surface area contributed by atoms with Crippen molar-refractivity contribution in [2.45, 2.75) is 31.8 Å². The number of para-hydroxylation sites is 1. The summed E-state index contributed by atoms with van der Waals surface area (Å²) in [5.74, 6) is -0.143. The van der Waals surface area contributed by atoms with E-state index in [1.165, 1.54) is 24.3 Å². The maximum atomic E-state index is 12.2. The van der Waals surface area contributed by atoms with Gasteiger partial charge < -0.3 is 14.6 Å². The Bertz CT molecular complexity index is 716. The first-order valence-electron chi connectivity index (χ1n) is 8.38. The van der Waals surface area contributed by atoms with E-state index in [0.717, 1.165) is 0 Å². The second kappa shape index (κ2) is 7.83. The van der Waals surface area contributed by atoms with Crippen LogP contribution in [0, 0.1) is 5.92 Å². The summed E-state index contributed by atoms with van der Waals surface area (Å²) in [6.45, 7) is 0. The second-order valence-corrected chi connectivity index (χ2v) is 6.16. The van der Waals surface area contributed by atoms with Crippen LogP contribution in [0.1, 0.15) is 36.0 Å². The van der Waals surface area contributed by atoms with Gasteiger partial charge in [-0.15, -0.1) is 0 Å². The average Bonchev–Trinajstić information content (AvgIpc) is 2.63. The molecule has 0 unspecified atom stereocenters. The molecule has 5 heteroatoms. The maximum Gasteiger partial charge on any atom is 0.338 e. The molecule has 1 aliphatic rings. The van der Waals surface area contributed by atoms with Crippen molar-refractivity contribution in [3.8, 4) is 11.5 Å². The lowest BCUT2D eigenvalue weighted by Gasteiger charge is -2.27. The highest BCUT2D eigenvalue weighted by atomic mass is 16.5. The first-order chi connectivity index (χ1) is 12.1. The molecule has 5 nitrogen and oxygen atoms in total. The number of carbonyl (C=O) groups excluding carboxylic acids is 2. The van der Waals surface area contributed by atoms with Crippen molar-refractivity contribution in [3.05, 3.63) is 60.2 Å². The molecule has 130 valence electrons. The minimum Gasteiger partial charge on any atom is -0.508 e. The smallest absolute Gasteiger partial charge is 0.338 e. The molecular formula is C20H20O5. The van der Waals surface area contributed by atoms with Gasteiger partial charge in [-0.25, -0.2) is 4.79 Å². The van der Waals surface area contributed by atoms with Gasteiger partial charge >= 0.3 is 11.9 Å². The van der Waals surface area contributed by atoms with Crippen molar-refractivity contribution in [1.82, 2.24) is 0 Å². The van der Waals surface area contributed by atoms with E-state index in [9.17, 15) is 14.7 Å². The standard InChI is InChI=1S/C20H20O5/c21-16-10-6-14(7-11-16)19(22)25-18-12-8-15(9-13-18)20(23)24-17-4-2-1-3-5-17/h1-7,10-11,15,18,21H,8-9,12-13H2. The molecule has 0 atom stereocenters. The molecule has 0 aliphatic heterocycles. The summed E-state index contributed by atoms with van der Waals surface area (Å²) in [7, 11) is 0. The van der Waals surface area contributed by atoms with E-state index in [1.54, 1.807) is 12.1 Å². The first-order valence-corrected chi connectivity index (χ1v) is 8.38. The molecule has 0 amide bonds. The number of aromatic hydroxyl groups is 1. The molecule has 2 aromatic rings. The van der Waals surface area contributed by atoms with Crippen LogP contribution in [0.3, 0.4) is 0 Å². The molecule has 1 N–H and O–H groups in total. The summed E-state index contributed by atoms with van der Waals surface area (Å²) in [4.78, 5) is 24.3. The Morgan fingerprint density at radius 3 is 2.16 bits per heavy atom. The Balaban J connectivity index is 1.47. The van der Waals surface area contributed by atoms with Crippen molar-refractivity contribution in [3.63, 3.8) is 0 Å². The largest absolute Gasteiger partial charge is 0.508 e. The van der Waals surface area contributed by atoms with E-state index in [2.05, 4.69) is 0 Å². The number of carbonyl (C=O) groups is 2. The molecule has 2 aromatic carbocycles. The summed E-state index contributed by atoms with van der Waals surface area (Å²) in [5, 5.41) is 9.25. The highest BCUT2D eigenvalue weighted by molar-refractivity contribution is 5.89. The van der Waals surface area contributed by atoms with Crippen molar-refractivity contribution in [1.29, 1.82) is 0 Å². The SMILES string of the molecule is O=C(OC1CCC(C(=O)Oc2ccccc2)CC1)c1ccc(O)cc1. The van der Waals surface area contributed by atoms with Crippen LogP contribution in [0.2, 0.25) is 0 Å². The number of esters is 2. The molecular weight excluding hydrogens is 320 g/mol. The van der Waals surface area contributed by atoms with Gasteiger partial charge in [0.1, 0.15) is 17.6 Å². The van der Waals surface area contributed by atoms with Crippen LogP contribution in [0.4, 0.5) is 0 Å². The van der Waals surface area contributed by atoms with E-state index in [-0.39, 0.29) is 23.7 Å². The second-order valence-electron chi connectivity index (χ2n) is 6.16. The quantitative estimate of drug-likeness (QED) is 0.678. The molecule has 1 aliphatic carbocycles. The average molecular weight is 340 g/mol. The third kappa shape index (κ3) is 4.59. The maximum absolute atomic E-state index is 12.2. The Morgan fingerprint density at radius 1 is 0.880 bits per heavy atom. The van der Waals surface area contributed by atoms with Crippen molar-refractivity contribution < 1.29 is 24.2 Å². The summed E-state index contributed by atoms with van der Waals surface area (Å²) in [6, 6.07) is 15.0. The van der Waals surface area contributed by atoms with Crippen LogP contribution in [0.15, 0.2) is 54.6 Å². The predicted octanol–water partition coefficient (Wildman–Crippen LogP) is 3.71. The summed E-state index contributed by atoms with van der Waals surface area (Å²) >= 11 is 0. The van der Waals surface area contributed by atoms with Gasteiger partial charge in [0.25, 0.3) is 0 Å². The summed E-state index contributed by atoms with van der Waals surface area (Å²) in [5.41, 5.74) is 0.406. The number of benzene rings is 2. The molecule has 0 heterocycles.